The summed E-state index contributed by atoms with van der Waals surface area (Å²) < 4.78 is 1.93. The van der Waals surface area contributed by atoms with Crippen LogP contribution in [0.15, 0.2) is 18.5 Å². The Morgan fingerprint density at radius 3 is 2.78 bits per heavy atom. The molecule has 1 N–H and O–H groups in total. The van der Waals surface area contributed by atoms with Gasteiger partial charge in [0.1, 0.15) is 5.15 Å². The number of pyridine rings is 1. The van der Waals surface area contributed by atoms with Gasteiger partial charge in [0.25, 0.3) is 5.91 Å². The molecule has 0 unspecified atom stereocenters. The SMILES string of the molecule is Cn1cc(C(=O)NCC23CCC(CC2)CC3)c2c(Cl)nccc21. The molecule has 0 radical (unpaired) electrons. The Labute approximate surface area is 141 Å². The normalized spacial score (nSPS) is 26.6. The van der Waals surface area contributed by atoms with Crippen LogP contribution in [0.25, 0.3) is 10.9 Å². The van der Waals surface area contributed by atoms with Gasteiger partial charge in [-0.3, -0.25) is 4.79 Å². The second-order valence-electron chi connectivity index (χ2n) is 7.31. The lowest BCUT2D eigenvalue weighted by molar-refractivity contribution is 0.0598. The fourth-order valence-electron chi connectivity index (χ4n) is 4.44. The smallest absolute Gasteiger partial charge is 0.253 e. The van der Waals surface area contributed by atoms with Gasteiger partial charge in [0.2, 0.25) is 0 Å². The van der Waals surface area contributed by atoms with Crippen LogP contribution in [-0.4, -0.2) is 22.0 Å². The van der Waals surface area contributed by atoms with Crippen molar-refractivity contribution in [3.05, 3.63) is 29.2 Å². The topological polar surface area (TPSA) is 46.9 Å². The quantitative estimate of drug-likeness (QED) is 0.866. The minimum Gasteiger partial charge on any atom is -0.351 e. The van der Waals surface area contributed by atoms with Crippen LogP contribution in [0.2, 0.25) is 5.15 Å². The molecule has 0 saturated heterocycles. The van der Waals surface area contributed by atoms with Crippen LogP contribution in [0.3, 0.4) is 0 Å². The number of aryl methyl sites for hydroxylation is 1. The summed E-state index contributed by atoms with van der Waals surface area (Å²) in [6.45, 7) is 0.785. The van der Waals surface area contributed by atoms with E-state index in [2.05, 4.69) is 10.3 Å². The molecule has 0 aliphatic heterocycles. The number of nitrogens with one attached hydrogen (secondary N) is 1. The highest BCUT2D eigenvalue weighted by atomic mass is 35.5. The van der Waals surface area contributed by atoms with Crippen LogP contribution in [0, 0.1) is 11.3 Å². The number of carbonyl (C=O) groups is 1. The molecule has 1 amide bonds. The van der Waals surface area contributed by atoms with E-state index in [0.29, 0.717) is 16.1 Å². The first-order chi connectivity index (χ1) is 11.1. The molecule has 3 saturated carbocycles. The Morgan fingerprint density at radius 1 is 1.39 bits per heavy atom. The molecule has 2 heterocycles. The number of amides is 1. The minimum atomic E-state index is -0.0347. The van der Waals surface area contributed by atoms with Gasteiger partial charge in [0.05, 0.1) is 11.1 Å². The maximum absolute atomic E-state index is 12.7. The zero-order valence-corrected chi connectivity index (χ0v) is 14.2. The summed E-state index contributed by atoms with van der Waals surface area (Å²) in [7, 11) is 1.93. The van der Waals surface area contributed by atoms with Gasteiger partial charge in [-0.25, -0.2) is 4.98 Å². The molecule has 0 aromatic carbocycles. The van der Waals surface area contributed by atoms with Gasteiger partial charge >= 0.3 is 0 Å². The molecule has 3 aliphatic carbocycles. The van der Waals surface area contributed by atoms with Crippen molar-refractivity contribution in [2.45, 2.75) is 38.5 Å². The Bertz CT molecular complexity index is 745. The molecule has 0 spiro atoms. The van der Waals surface area contributed by atoms with Crippen LogP contribution in [0.1, 0.15) is 48.9 Å². The Balaban J connectivity index is 1.56. The zero-order valence-electron chi connectivity index (χ0n) is 13.4. The Kier molecular flexibility index (Phi) is 3.60. The molecule has 0 atom stereocenters. The lowest BCUT2D eigenvalue weighted by Crippen LogP contribution is -2.43. The van der Waals surface area contributed by atoms with Crippen molar-refractivity contribution in [1.82, 2.24) is 14.9 Å². The number of rotatable bonds is 3. The van der Waals surface area contributed by atoms with Gasteiger partial charge < -0.3 is 9.88 Å². The number of fused-ring (bicyclic) bond motifs is 4. The molecule has 2 aromatic rings. The van der Waals surface area contributed by atoms with Crippen molar-refractivity contribution < 1.29 is 4.79 Å². The first-order valence-electron chi connectivity index (χ1n) is 8.46. The largest absolute Gasteiger partial charge is 0.351 e. The number of carbonyl (C=O) groups excluding carboxylic acids is 1. The van der Waals surface area contributed by atoms with E-state index < -0.39 is 0 Å². The molecule has 2 bridgehead atoms. The molecular weight excluding hydrogens is 310 g/mol. The highest BCUT2D eigenvalue weighted by Crippen LogP contribution is 2.49. The summed E-state index contributed by atoms with van der Waals surface area (Å²) in [4.78, 5) is 16.8. The van der Waals surface area contributed by atoms with E-state index in [9.17, 15) is 4.79 Å². The van der Waals surface area contributed by atoms with Crippen molar-refractivity contribution >= 4 is 28.4 Å². The van der Waals surface area contributed by atoms with Crippen LogP contribution in [0.4, 0.5) is 0 Å². The third kappa shape index (κ3) is 2.53. The van der Waals surface area contributed by atoms with Crippen LogP contribution in [0.5, 0.6) is 0 Å². The van der Waals surface area contributed by atoms with E-state index >= 15 is 0 Å². The summed E-state index contributed by atoms with van der Waals surface area (Å²) >= 11 is 6.23. The summed E-state index contributed by atoms with van der Waals surface area (Å²) in [6, 6.07) is 1.89. The maximum Gasteiger partial charge on any atom is 0.253 e. The fraction of sp³-hybridized carbons (Fsp3) is 0.556. The van der Waals surface area contributed by atoms with Crippen molar-refractivity contribution in [3.63, 3.8) is 0 Å². The highest BCUT2D eigenvalue weighted by molar-refractivity contribution is 6.35. The standard InChI is InChI=1S/C18H22ClN3O/c1-22-10-13(15-14(22)5-9-20-16(15)19)17(23)21-11-18-6-2-12(3-7-18)4-8-18/h5,9-10,12H,2-4,6-8,11H2,1H3,(H,21,23). The molecule has 122 valence electrons. The van der Waals surface area contributed by atoms with E-state index in [1.807, 2.05) is 23.9 Å². The van der Waals surface area contributed by atoms with Crippen molar-refractivity contribution in [1.29, 1.82) is 0 Å². The number of halogens is 1. The van der Waals surface area contributed by atoms with E-state index in [1.54, 1.807) is 6.20 Å². The average molecular weight is 332 g/mol. The van der Waals surface area contributed by atoms with E-state index in [-0.39, 0.29) is 5.91 Å². The third-order valence-electron chi connectivity index (χ3n) is 5.97. The Hall–Kier alpha value is -1.55. The predicted octanol–water partition coefficient (Wildman–Crippen LogP) is 3.93. The number of aromatic nitrogens is 2. The van der Waals surface area contributed by atoms with Gasteiger partial charge in [0, 0.05) is 31.4 Å². The molecule has 5 heteroatoms. The first kappa shape index (κ1) is 15.0. The summed E-state index contributed by atoms with van der Waals surface area (Å²) in [6.07, 6.45) is 11.3. The highest BCUT2D eigenvalue weighted by Gasteiger charge is 2.40. The summed E-state index contributed by atoms with van der Waals surface area (Å²) in [5, 5.41) is 4.32. The molecular formula is C18H22ClN3O. The summed E-state index contributed by atoms with van der Waals surface area (Å²) in [5.41, 5.74) is 1.89. The van der Waals surface area contributed by atoms with Crippen molar-refractivity contribution in [2.24, 2.45) is 18.4 Å². The number of nitrogens with zero attached hydrogens (tertiary/aromatic N) is 2. The van der Waals surface area contributed by atoms with Gasteiger partial charge in [0.15, 0.2) is 0 Å². The first-order valence-corrected chi connectivity index (χ1v) is 8.84. The summed E-state index contributed by atoms with van der Waals surface area (Å²) in [5.74, 6) is 0.906. The van der Waals surface area contributed by atoms with Gasteiger partial charge in [-0.15, -0.1) is 0 Å². The lowest BCUT2D eigenvalue weighted by atomic mass is 9.61. The lowest BCUT2D eigenvalue weighted by Gasteiger charge is -2.46. The van der Waals surface area contributed by atoms with Crippen molar-refractivity contribution in [2.75, 3.05) is 6.54 Å². The van der Waals surface area contributed by atoms with E-state index in [1.165, 1.54) is 38.5 Å². The van der Waals surface area contributed by atoms with Crippen LogP contribution < -0.4 is 5.32 Å². The van der Waals surface area contributed by atoms with Crippen LogP contribution >= 0.6 is 11.6 Å². The van der Waals surface area contributed by atoms with Gasteiger partial charge in [-0.1, -0.05) is 11.6 Å². The van der Waals surface area contributed by atoms with Gasteiger partial charge in [-0.2, -0.15) is 0 Å². The zero-order chi connectivity index (χ0) is 16.0. The van der Waals surface area contributed by atoms with Crippen molar-refractivity contribution in [3.8, 4) is 0 Å². The molecule has 23 heavy (non-hydrogen) atoms. The number of hydrogen-bond donors (Lipinski definition) is 1. The monoisotopic (exact) mass is 331 g/mol. The second-order valence-corrected chi connectivity index (χ2v) is 7.67. The van der Waals surface area contributed by atoms with Crippen LogP contribution in [-0.2, 0) is 7.05 Å². The molecule has 2 aromatic heterocycles. The van der Waals surface area contributed by atoms with E-state index in [0.717, 1.165) is 23.4 Å². The maximum atomic E-state index is 12.7. The van der Waals surface area contributed by atoms with E-state index in [4.69, 9.17) is 11.6 Å². The molecule has 3 fully saturated rings. The fourth-order valence-corrected chi connectivity index (χ4v) is 4.69. The number of hydrogen-bond acceptors (Lipinski definition) is 2. The Morgan fingerprint density at radius 2 is 2.09 bits per heavy atom. The molecule has 3 aliphatic rings. The molecule has 5 rings (SSSR count). The second kappa shape index (κ2) is 5.52. The minimum absolute atomic E-state index is 0.0347. The predicted molar refractivity (Wildman–Crippen MR) is 91.7 cm³/mol. The molecule has 4 nitrogen and oxygen atoms in total. The average Bonchev–Trinajstić information content (AvgIpc) is 2.93. The van der Waals surface area contributed by atoms with Gasteiger partial charge in [-0.05, 0) is 55.9 Å². The third-order valence-corrected chi connectivity index (χ3v) is 6.26.